The number of hydrogen-bond donors (Lipinski definition) is 0. The van der Waals surface area contributed by atoms with Crippen LogP contribution in [-0.2, 0) is 0 Å². The van der Waals surface area contributed by atoms with E-state index in [2.05, 4.69) is 0 Å². The highest BCUT2D eigenvalue weighted by Gasteiger charge is 2.46. The first-order valence-corrected chi connectivity index (χ1v) is 2.26. The number of rotatable bonds is 3. The highest BCUT2D eigenvalue weighted by molar-refractivity contribution is 4.68. The maximum Gasteiger partial charge on any atom is 0.627 e. The van der Waals surface area contributed by atoms with Gasteiger partial charge in [0.1, 0.15) is 9.85 Å². The van der Waals surface area contributed by atoms with Gasteiger partial charge in [-0.1, -0.05) is 0 Å². The highest BCUT2D eigenvalue weighted by atomic mass is 19.1. The molecule has 1 atom stereocenters. The molecule has 0 heterocycles. The summed E-state index contributed by atoms with van der Waals surface area (Å²) in [6.07, 6.45) is -3.68. The topological polar surface area (TPSA) is 86.3 Å². The zero-order valence-electron chi connectivity index (χ0n) is 4.98. The number of halogens is 1. The van der Waals surface area contributed by atoms with Crippen molar-refractivity contribution in [3.8, 4) is 0 Å². The minimum absolute atomic E-state index is 0.737. The Morgan fingerprint density at radius 2 is 1.70 bits per heavy atom. The van der Waals surface area contributed by atoms with Gasteiger partial charge in [-0.15, -0.1) is 0 Å². The lowest BCUT2D eigenvalue weighted by molar-refractivity contribution is -0.677. The standard InChI is InChI=1S/C3H4FN2O4/c1-2(4)3(5(7)8)6(9)10/h2H,1H3. The van der Waals surface area contributed by atoms with Crippen molar-refractivity contribution in [2.45, 2.75) is 13.1 Å². The van der Waals surface area contributed by atoms with Crippen LogP contribution in [0.4, 0.5) is 4.39 Å². The zero-order valence-corrected chi connectivity index (χ0v) is 4.98. The van der Waals surface area contributed by atoms with Gasteiger partial charge in [-0.05, 0) is 6.92 Å². The van der Waals surface area contributed by atoms with E-state index in [1.54, 1.807) is 0 Å². The van der Waals surface area contributed by atoms with Gasteiger partial charge < -0.3 is 0 Å². The number of nitrogens with zero attached hydrogens (tertiary/aromatic N) is 2. The van der Waals surface area contributed by atoms with Crippen LogP contribution in [0.15, 0.2) is 0 Å². The van der Waals surface area contributed by atoms with Crippen molar-refractivity contribution in [2.24, 2.45) is 0 Å². The van der Waals surface area contributed by atoms with Crippen molar-refractivity contribution in [1.29, 1.82) is 0 Å². The predicted molar refractivity (Wildman–Crippen MR) is 27.8 cm³/mol. The Kier molecular flexibility index (Phi) is 2.65. The predicted octanol–water partition coefficient (Wildman–Crippen LogP) is 0.387. The molecule has 0 saturated carbocycles. The molecule has 57 valence electrons. The first kappa shape index (κ1) is 8.73. The molecule has 0 fully saturated rings. The molecule has 0 rings (SSSR count). The summed E-state index contributed by atoms with van der Waals surface area (Å²) >= 11 is 0. The van der Waals surface area contributed by atoms with E-state index in [0.717, 1.165) is 6.92 Å². The van der Waals surface area contributed by atoms with Crippen LogP contribution in [0, 0.1) is 26.4 Å². The third-order valence-corrected chi connectivity index (χ3v) is 0.730. The summed E-state index contributed by atoms with van der Waals surface area (Å²) in [4.78, 5) is 16.7. The average Bonchev–Trinajstić information content (AvgIpc) is 1.59. The van der Waals surface area contributed by atoms with E-state index in [1.165, 1.54) is 0 Å². The first-order chi connectivity index (χ1) is 4.46. The Balaban J connectivity index is 4.27. The second-order valence-electron chi connectivity index (χ2n) is 1.49. The molecule has 0 spiro atoms. The molecule has 0 aromatic rings. The van der Waals surface area contributed by atoms with Gasteiger partial charge in [0.2, 0.25) is 0 Å². The van der Waals surface area contributed by atoms with Gasteiger partial charge in [0.15, 0.2) is 0 Å². The second kappa shape index (κ2) is 3.04. The van der Waals surface area contributed by atoms with Gasteiger partial charge in [-0.3, -0.25) is 20.2 Å². The Morgan fingerprint density at radius 3 is 1.70 bits per heavy atom. The first-order valence-electron chi connectivity index (χ1n) is 2.26. The normalized spacial score (nSPS) is 13.1. The number of nitro groups is 2. The molecular formula is C3H4FN2O4. The lowest BCUT2D eigenvalue weighted by atomic mass is 10.4. The van der Waals surface area contributed by atoms with Crippen molar-refractivity contribution in [3.05, 3.63) is 26.4 Å². The molecule has 1 radical (unpaired) electrons. The summed E-state index contributed by atoms with van der Waals surface area (Å²) in [5, 5.41) is 19.3. The molecule has 0 saturated heterocycles. The van der Waals surface area contributed by atoms with E-state index < -0.39 is 22.2 Å². The van der Waals surface area contributed by atoms with Crippen molar-refractivity contribution >= 4 is 0 Å². The SMILES string of the molecule is CC(F)[C]([N+](=O)[O-])[N+](=O)[O-]. The fraction of sp³-hybridized carbons (Fsp3) is 0.667. The summed E-state index contributed by atoms with van der Waals surface area (Å²) in [6, 6.07) is 0. The van der Waals surface area contributed by atoms with Crippen LogP contribution in [0.2, 0.25) is 0 Å². The fourth-order valence-corrected chi connectivity index (χ4v) is 0.357. The van der Waals surface area contributed by atoms with E-state index >= 15 is 0 Å². The number of alkyl halides is 1. The Morgan fingerprint density at radius 1 is 1.40 bits per heavy atom. The van der Waals surface area contributed by atoms with Crippen LogP contribution in [0.3, 0.4) is 0 Å². The molecule has 10 heavy (non-hydrogen) atoms. The highest BCUT2D eigenvalue weighted by Crippen LogP contribution is 2.10. The summed E-state index contributed by atoms with van der Waals surface area (Å²) in [5.41, 5.74) is 0. The van der Waals surface area contributed by atoms with Crippen LogP contribution in [-0.4, -0.2) is 16.0 Å². The van der Waals surface area contributed by atoms with Gasteiger partial charge in [0, 0.05) is 0 Å². The zero-order chi connectivity index (χ0) is 8.31. The average molecular weight is 151 g/mol. The molecule has 7 heteroatoms. The Hall–Kier alpha value is -1.27. The quantitative estimate of drug-likeness (QED) is 0.431. The monoisotopic (exact) mass is 151 g/mol. The smallest absolute Gasteiger partial charge is 0.258 e. The molecule has 0 amide bonds. The van der Waals surface area contributed by atoms with Crippen molar-refractivity contribution in [1.82, 2.24) is 0 Å². The fourth-order valence-electron chi connectivity index (χ4n) is 0.357. The van der Waals surface area contributed by atoms with Crippen molar-refractivity contribution in [3.63, 3.8) is 0 Å². The summed E-state index contributed by atoms with van der Waals surface area (Å²) in [5.74, 6) is 0. The summed E-state index contributed by atoms with van der Waals surface area (Å²) < 4.78 is 11.9. The largest absolute Gasteiger partial charge is 0.627 e. The maximum atomic E-state index is 11.9. The van der Waals surface area contributed by atoms with Crippen LogP contribution in [0.1, 0.15) is 6.92 Å². The molecule has 0 bridgehead atoms. The van der Waals surface area contributed by atoms with E-state index in [-0.39, 0.29) is 0 Å². The molecule has 0 aliphatic heterocycles. The lowest BCUT2D eigenvalue weighted by Gasteiger charge is -1.95. The van der Waals surface area contributed by atoms with Crippen molar-refractivity contribution in [2.75, 3.05) is 0 Å². The Bertz CT molecular complexity index is 145. The Labute approximate surface area is 54.9 Å². The van der Waals surface area contributed by atoms with Crippen molar-refractivity contribution < 1.29 is 14.2 Å². The lowest BCUT2D eigenvalue weighted by Crippen LogP contribution is -2.27. The van der Waals surface area contributed by atoms with E-state index in [4.69, 9.17) is 0 Å². The van der Waals surface area contributed by atoms with E-state index in [1.807, 2.05) is 0 Å². The van der Waals surface area contributed by atoms with Crippen LogP contribution in [0.25, 0.3) is 0 Å². The van der Waals surface area contributed by atoms with E-state index in [9.17, 15) is 24.6 Å². The molecule has 0 aliphatic rings. The molecule has 1 unspecified atom stereocenters. The van der Waals surface area contributed by atoms with E-state index in [0.29, 0.717) is 0 Å². The van der Waals surface area contributed by atoms with Gasteiger partial charge in [-0.2, -0.15) is 0 Å². The molecule has 0 N–H and O–H groups in total. The molecule has 0 aliphatic carbocycles. The molecule has 0 aromatic carbocycles. The minimum Gasteiger partial charge on any atom is -0.258 e. The maximum absolute atomic E-state index is 11.9. The molecular weight excluding hydrogens is 147 g/mol. The summed E-state index contributed by atoms with van der Waals surface area (Å²) in [7, 11) is 0. The molecule has 0 aromatic heterocycles. The van der Waals surface area contributed by atoms with Crippen LogP contribution in [0.5, 0.6) is 0 Å². The van der Waals surface area contributed by atoms with Gasteiger partial charge in [0.05, 0.1) is 0 Å². The molecule has 6 nitrogen and oxygen atoms in total. The second-order valence-corrected chi connectivity index (χ2v) is 1.49. The van der Waals surface area contributed by atoms with Crippen LogP contribution < -0.4 is 0 Å². The summed E-state index contributed by atoms with van der Waals surface area (Å²) in [6.45, 7) is 0.737. The number of hydrogen-bond acceptors (Lipinski definition) is 4. The van der Waals surface area contributed by atoms with Gasteiger partial charge in [0.25, 0.3) is 6.17 Å². The third-order valence-electron chi connectivity index (χ3n) is 0.730. The van der Waals surface area contributed by atoms with Crippen LogP contribution >= 0.6 is 0 Å². The third kappa shape index (κ3) is 1.92. The minimum atomic E-state index is -2.15. The van der Waals surface area contributed by atoms with Gasteiger partial charge in [-0.25, -0.2) is 4.39 Å². The van der Waals surface area contributed by atoms with Gasteiger partial charge >= 0.3 is 6.17 Å².